The van der Waals surface area contributed by atoms with Crippen LogP contribution in [-0.4, -0.2) is 20.3 Å². The predicted octanol–water partition coefficient (Wildman–Crippen LogP) is 1.34. The van der Waals surface area contributed by atoms with Crippen molar-refractivity contribution in [3.8, 4) is 0 Å². The van der Waals surface area contributed by atoms with Gasteiger partial charge in [0.15, 0.2) is 5.78 Å². The Labute approximate surface area is 113 Å². The fraction of sp³-hybridized carbons (Fsp3) is 0.154. The van der Waals surface area contributed by atoms with E-state index in [2.05, 4.69) is 4.98 Å². The number of aromatic nitrogens is 2. The lowest BCUT2D eigenvalue weighted by Crippen LogP contribution is -2.26. The van der Waals surface area contributed by atoms with Gasteiger partial charge < -0.3 is 0 Å². The summed E-state index contributed by atoms with van der Waals surface area (Å²) in [6, 6.07) is 6.90. The van der Waals surface area contributed by atoms with Crippen LogP contribution in [0, 0.1) is 17.0 Å². The van der Waals surface area contributed by atoms with Crippen molar-refractivity contribution in [2.75, 3.05) is 0 Å². The Hall–Kier alpha value is -2.83. The van der Waals surface area contributed by atoms with Crippen LogP contribution >= 0.6 is 0 Å². The Morgan fingerprint density at radius 1 is 1.45 bits per heavy atom. The molecule has 20 heavy (non-hydrogen) atoms. The lowest BCUT2D eigenvalue weighted by Gasteiger charge is -2.04. The van der Waals surface area contributed by atoms with Crippen LogP contribution in [0.3, 0.4) is 0 Å². The number of hydrogen-bond acceptors (Lipinski definition) is 5. The molecule has 1 aromatic carbocycles. The minimum Gasteiger partial charge on any atom is -0.292 e. The molecule has 0 aliphatic carbocycles. The minimum absolute atomic E-state index is 0.281. The molecule has 0 aliphatic heterocycles. The largest absolute Gasteiger partial charge is 0.348 e. The molecule has 0 saturated heterocycles. The second-order valence-corrected chi connectivity index (χ2v) is 4.27. The summed E-state index contributed by atoms with van der Waals surface area (Å²) in [7, 11) is 0. The quantitative estimate of drug-likeness (QED) is 0.476. The molecule has 0 spiro atoms. The topological polar surface area (TPSA) is 95.1 Å². The molecule has 0 unspecified atom stereocenters. The van der Waals surface area contributed by atoms with Crippen molar-refractivity contribution in [1.29, 1.82) is 0 Å². The number of carbonyl (C=O) groups excluding carboxylic acids is 1. The number of Topliss-reactive ketones (excluding diaryl/α,β-unsaturated/α-hetero) is 1. The van der Waals surface area contributed by atoms with E-state index in [-0.39, 0.29) is 18.0 Å². The number of ketones is 1. The molecule has 0 N–H and O–H groups in total. The second-order valence-electron chi connectivity index (χ2n) is 4.27. The molecule has 102 valence electrons. The first-order chi connectivity index (χ1) is 9.47. The van der Waals surface area contributed by atoms with Gasteiger partial charge in [0.05, 0.1) is 17.7 Å². The smallest absolute Gasteiger partial charge is 0.292 e. The first-order valence-corrected chi connectivity index (χ1v) is 5.78. The van der Waals surface area contributed by atoms with Gasteiger partial charge in [0.1, 0.15) is 6.20 Å². The van der Waals surface area contributed by atoms with Crippen molar-refractivity contribution in [3.63, 3.8) is 0 Å². The maximum absolute atomic E-state index is 12.0. The molecule has 0 radical (unpaired) electrons. The van der Waals surface area contributed by atoms with E-state index in [4.69, 9.17) is 0 Å². The fourth-order valence-corrected chi connectivity index (χ4v) is 1.72. The average molecular weight is 273 g/mol. The highest BCUT2D eigenvalue weighted by atomic mass is 16.6. The summed E-state index contributed by atoms with van der Waals surface area (Å²) >= 11 is 0. The van der Waals surface area contributed by atoms with Crippen molar-refractivity contribution >= 4 is 11.5 Å². The molecule has 7 heteroatoms. The second kappa shape index (κ2) is 5.43. The van der Waals surface area contributed by atoms with Gasteiger partial charge in [-0.25, -0.2) is 4.79 Å². The van der Waals surface area contributed by atoms with Crippen LogP contribution in [0.2, 0.25) is 0 Å². The van der Waals surface area contributed by atoms with Crippen molar-refractivity contribution in [2.24, 2.45) is 0 Å². The predicted molar refractivity (Wildman–Crippen MR) is 70.7 cm³/mol. The van der Waals surface area contributed by atoms with Crippen LogP contribution in [0.25, 0.3) is 0 Å². The zero-order valence-electron chi connectivity index (χ0n) is 10.6. The minimum atomic E-state index is -0.698. The summed E-state index contributed by atoms with van der Waals surface area (Å²) in [6.07, 6.45) is 1.89. The number of aryl methyl sites for hydroxylation is 1. The zero-order chi connectivity index (χ0) is 14.7. The number of nitrogens with zero attached hydrogens (tertiary/aromatic N) is 3. The first kappa shape index (κ1) is 13.6. The molecule has 2 aromatic rings. The van der Waals surface area contributed by atoms with E-state index in [0.29, 0.717) is 5.56 Å². The summed E-state index contributed by atoms with van der Waals surface area (Å²) in [6.45, 7) is 1.56. The van der Waals surface area contributed by atoms with E-state index in [1.807, 2.05) is 13.0 Å². The molecular formula is C13H11N3O4. The molecule has 1 aromatic heterocycles. The third-order valence-corrected chi connectivity index (χ3v) is 2.71. The third kappa shape index (κ3) is 2.94. The van der Waals surface area contributed by atoms with Gasteiger partial charge in [-0.05, 0) is 13.0 Å². The lowest BCUT2D eigenvalue weighted by atomic mass is 10.1. The number of benzene rings is 1. The Morgan fingerprint density at radius 2 is 2.20 bits per heavy atom. The summed E-state index contributed by atoms with van der Waals surface area (Å²) in [5, 5.41) is 10.6. The third-order valence-electron chi connectivity index (χ3n) is 2.71. The van der Waals surface area contributed by atoms with Crippen LogP contribution in [0.1, 0.15) is 15.9 Å². The summed E-state index contributed by atoms with van der Waals surface area (Å²) < 4.78 is 0.933. The van der Waals surface area contributed by atoms with Gasteiger partial charge in [-0.15, -0.1) is 0 Å². The summed E-state index contributed by atoms with van der Waals surface area (Å²) in [5.41, 5.74) is 0.335. The van der Waals surface area contributed by atoms with Gasteiger partial charge in [0, 0.05) is 5.56 Å². The van der Waals surface area contributed by atoms with E-state index < -0.39 is 10.6 Å². The Bertz CT molecular complexity index is 736. The maximum atomic E-state index is 12.0. The number of carbonyl (C=O) groups is 1. The molecule has 0 bridgehead atoms. The highest BCUT2D eigenvalue weighted by Crippen LogP contribution is 2.08. The summed E-state index contributed by atoms with van der Waals surface area (Å²) in [4.78, 5) is 36.9. The lowest BCUT2D eigenvalue weighted by molar-refractivity contribution is -0.385. The zero-order valence-corrected chi connectivity index (χ0v) is 10.6. The van der Waals surface area contributed by atoms with Gasteiger partial charge in [-0.2, -0.15) is 4.98 Å². The molecule has 2 rings (SSSR count). The van der Waals surface area contributed by atoms with Crippen LogP contribution < -0.4 is 5.69 Å². The average Bonchev–Trinajstić information content (AvgIpc) is 2.41. The van der Waals surface area contributed by atoms with Crippen LogP contribution in [-0.2, 0) is 6.54 Å². The van der Waals surface area contributed by atoms with E-state index in [1.54, 1.807) is 18.2 Å². The van der Waals surface area contributed by atoms with Crippen molar-refractivity contribution in [2.45, 2.75) is 13.5 Å². The maximum Gasteiger partial charge on any atom is 0.348 e. The van der Waals surface area contributed by atoms with Crippen LogP contribution in [0.15, 0.2) is 41.5 Å². The highest BCUT2D eigenvalue weighted by molar-refractivity contribution is 5.96. The molecule has 0 aliphatic rings. The number of rotatable bonds is 4. The molecule has 7 nitrogen and oxygen atoms in total. The molecule has 0 saturated carbocycles. The van der Waals surface area contributed by atoms with Gasteiger partial charge in [0.25, 0.3) is 0 Å². The van der Waals surface area contributed by atoms with E-state index in [0.717, 1.165) is 22.5 Å². The monoisotopic (exact) mass is 273 g/mol. The molecular weight excluding hydrogens is 262 g/mol. The van der Waals surface area contributed by atoms with Crippen molar-refractivity contribution in [1.82, 2.24) is 9.55 Å². The molecule has 0 fully saturated rings. The highest BCUT2D eigenvalue weighted by Gasteiger charge is 2.13. The van der Waals surface area contributed by atoms with Crippen molar-refractivity contribution < 1.29 is 9.72 Å². The standard InChI is InChI=1S/C13H11N3O4/c1-9-3-2-4-10(5-9)12(17)8-15-7-11(16(19)20)6-14-13(15)18/h2-7H,8H2,1H3. The van der Waals surface area contributed by atoms with Gasteiger partial charge in [0.2, 0.25) is 0 Å². The number of hydrogen-bond donors (Lipinski definition) is 0. The van der Waals surface area contributed by atoms with Gasteiger partial charge in [-0.1, -0.05) is 23.8 Å². The number of nitro groups is 1. The van der Waals surface area contributed by atoms with E-state index >= 15 is 0 Å². The fourth-order valence-electron chi connectivity index (χ4n) is 1.72. The Balaban J connectivity index is 2.30. The van der Waals surface area contributed by atoms with E-state index in [9.17, 15) is 19.7 Å². The van der Waals surface area contributed by atoms with Gasteiger partial charge in [-0.3, -0.25) is 19.5 Å². The SMILES string of the molecule is Cc1cccc(C(=O)Cn2cc([N+](=O)[O-])cnc2=O)c1. The van der Waals surface area contributed by atoms with Crippen molar-refractivity contribution in [3.05, 3.63) is 68.4 Å². The summed E-state index contributed by atoms with van der Waals surface area (Å²) in [5.74, 6) is -0.307. The molecule has 0 amide bonds. The van der Waals surface area contributed by atoms with Crippen LogP contribution in [0.4, 0.5) is 5.69 Å². The first-order valence-electron chi connectivity index (χ1n) is 5.78. The Morgan fingerprint density at radius 3 is 2.85 bits per heavy atom. The van der Waals surface area contributed by atoms with Gasteiger partial charge >= 0.3 is 11.4 Å². The molecule has 0 atom stereocenters. The van der Waals surface area contributed by atoms with Crippen LogP contribution in [0.5, 0.6) is 0 Å². The Kier molecular flexibility index (Phi) is 3.69. The normalized spacial score (nSPS) is 10.2. The molecule has 1 heterocycles. The van der Waals surface area contributed by atoms with E-state index in [1.165, 1.54) is 0 Å².